The molecular formula is C14H18F2N2O3. The highest BCUT2D eigenvalue weighted by molar-refractivity contribution is 5.74. The molecule has 1 aliphatic rings. The fourth-order valence-electron chi connectivity index (χ4n) is 1.96. The van der Waals surface area contributed by atoms with E-state index in [-0.39, 0.29) is 6.03 Å². The molecule has 21 heavy (non-hydrogen) atoms. The molecule has 0 spiro atoms. The molecule has 1 aromatic carbocycles. The van der Waals surface area contributed by atoms with Crippen LogP contribution in [0.4, 0.5) is 13.6 Å². The number of hydrogen-bond donors (Lipinski definition) is 1. The van der Waals surface area contributed by atoms with Gasteiger partial charge >= 0.3 is 6.03 Å². The van der Waals surface area contributed by atoms with Crippen LogP contribution in [0.1, 0.15) is 5.56 Å². The molecule has 1 saturated heterocycles. The summed E-state index contributed by atoms with van der Waals surface area (Å²) in [6.45, 7) is 1.92. The molecule has 1 N–H and O–H groups in total. The Bertz CT molecular complexity index is 465. The van der Waals surface area contributed by atoms with Gasteiger partial charge in [0.2, 0.25) is 0 Å². The topological polar surface area (TPSA) is 50.8 Å². The Morgan fingerprint density at radius 2 is 2.14 bits per heavy atom. The number of nitrogens with one attached hydrogen (secondary N) is 1. The van der Waals surface area contributed by atoms with Crippen molar-refractivity contribution in [2.45, 2.75) is 13.0 Å². The lowest BCUT2D eigenvalue weighted by atomic mass is 10.2. The second-order valence-electron chi connectivity index (χ2n) is 4.61. The molecule has 2 rings (SSSR count). The number of morpholine rings is 1. The number of rotatable bonds is 5. The van der Waals surface area contributed by atoms with E-state index in [1.54, 1.807) is 29.2 Å². The first kappa shape index (κ1) is 15.5. The lowest BCUT2D eigenvalue weighted by Crippen LogP contribution is -2.45. The van der Waals surface area contributed by atoms with E-state index in [2.05, 4.69) is 5.32 Å². The smallest absolute Gasteiger partial charge is 0.317 e. The molecule has 0 atom stereocenters. The van der Waals surface area contributed by atoms with Gasteiger partial charge in [-0.15, -0.1) is 0 Å². The molecule has 1 fully saturated rings. The summed E-state index contributed by atoms with van der Waals surface area (Å²) in [5.41, 5.74) is 0.795. The van der Waals surface area contributed by atoms with Crippen molar-refractivity contribution in [1.82, 2.24) is 10.2 Å². The summed E-state index contributed by atoms with van der Waals surface area (Å²) in [5.74, 6) is 0.369. The van der Waals surface area contributed by atoms with Gasteiger partial charge in [0.15, 0.2) is 0 Å². The van der Waals surface area contributed by atoms with Crippen molar-refractivity contribution in [3.63, 3.8) is 0 Å². The van der Waals surface area contributed by atoms with Gasteiger partial charge in [0, 0.05) is 19.6 Å². The third-order valence-corrected chi connectivity index (χ3v) is 3.02. The van der Waals surface area contributed by atoms with Crippen molar-refractivity contribution in [2.24, 2.45) is 0 Å². The lowest BCUT2D eigenvalue weighted by Gasteiger charge is -2.26. The number of ether oxygens (including phenoxy) is 2. The quantitative estimate of drug-likeness (QED) is 0.903. The average molecular weight is 300 g/mol. The van der Waals surface area contributed by atoms with Crippen molar-refractivity contribution in [1.29, 1.82) is 0 Å². The number of halogens is 2. The van der Waals surface area contributed by atoms with E-state index in [4.69, 9.17) is 9.47 Å². The molecule has 0 aromatic heterocycles. The Morgan fingerprint density at radius 3 is 2.86 bits per heavy atom. The molecule has 1 aliphatic heterocycles. The van der Waals surface area contributed by atoms with Crippen molar-refractivity contribution >= 4 is 6.03 Å². The van der Waals surface area contributed by atoms with E-state index in [1.807, 2.05) is 0 Å². The zero-order valence-electron chi connectivity index (χ0n) is 11.6. The Kier molecular flexibility index (Phi) is 5.74. The van der Waals surface area contributed by atoms with Gasteiger partial charge in [-0.25, -0.2) is 13.6 Å². The van der Waals surface area contributed by atoms with Gasteiger partial charge < -0.3 is 19.7 Å². The van der Waals surface area contributed by atoms with Crippen molar-refractivity contribution in [3.8, 4) is 5.75 Å². The predicted octanol–water partition coefficient (Wildman–Crippen LogP) is 1.87. The van der Waals surface area contributed by atoms with Crippen LogP contribution in [0, 0.1) is 0 Å². The van der Waals surface area contributed by atoms with Gasteiger partial charge in [-0.05, 0) is 17.7 Å². The fourth-order valence-corrected chi connectivity index (χ4v) is 1.96. The summed E-state index contributed by atoms with van der Waals surface area (Å²) in [4.78, 5) is 13.6. The second kappa shape index (κ2) is 7.78. The van der Waals surface area contributed by atoms with E-state index >= 15 is 0 Å². The maximum absolute atomic E-state index is 12.1. The molecule has 1 aromatic rings. The van der Waals surface area contributed by atoms with Crippen LogP contribution in [-0.4, -0.2) is 50.3 Å². The number of urea groups is 1. The number of hydrogen-bond acceptors (Lipinski definition) is 3. The lowest BCUT2D eigenvalue weighted by molar-refractivity contribution is 0.0531. The molecule has 0 bridgehead atoms. The fraction of sp³-hybridized carbons (Fsp3) is 0.500. The van der Waals surface area contributed by atoms with Crippen molar-refractivity contribution in [2.75, 3.05) is 32.9 Å². The van der Waals surface area contributed by atoms with Gasteiger partial charge in [0.05, 0.1) is 13.2 Å². The number of amides is 2. The highest BCUT2D eigenvalue weighted by atomic mass is 19.3. The number of nitrogens with zero attached hydrogens (tertiary/aromatic N) is 1. The molecule has 2 amide bonds. The van der Waals surface area contributed by atoms with Crippen LogP contribution in [0.25, 0.3) is 0 Å². The normalized spacial score (nSPS) is 15.1. The number of alkyl halides is 2. The van der Waals surface area contributed by atoms with Gasteiger partial charge in [0.25, 0.3) is 6.43 Å². The average Bonchev–Trinajstić information content (AvgIpc) is 2.52. The first-order valence-corrected chi connectivity index (χ1v) is 6.75. The molecule has 0 aliphatic carbocycles. The first-order chi connectivity index (χ1) is 10.1. The van der Waals surface area contributed by atoms with Crippen LogP contribution in [0.5, 0.6) is 5.75 Å². The Balaban J connectivity index is 1.82. The minimum absolute atomic E-state index is 0.155. The molecule has 0 unspecified atom stereocenters. The molecule has 116 valence electrons. The SMILES string of the molecule is O=C(NCc1cccc(OCC(F)F)c1)N1CCOCC1. The summed E-state index contributed by atoms with van der Waals surface area (Å²) in [7, 11) is 0. The Morgan fingerprint density at radius 1 is 1.38 bits per heavy atom. The number of benzene rings is 1. The molecule has 7 heteroatoms. The van der Waals surface area contributed by atoms with Crippen molar-refractivity contribution in [3.05, 3.63) is 29.8 Å². The van der Waals surface area contributed by atoms with Gasteiger partial charge in [-0.2, -0.15) is 0 Å². The molecule has 0 radical (unpaired) electrons. The molecular weight excluding hydrogens is 282 g/mol. The minimum Gasteiger partial charge on any atom is -0.488 e. The van der Waals surface area contributed by atoms with E-state index < -0.39 is 13.0 Å². The zero-order chi connectivity index (χ0) is 15.1. The van der Waals surface area contributed by atoms with Crippen LogP contribution >= 0.6 is 0 Å². The summed E-state index contributed by atoms with van der Waals surface area (Å²) in [6.07, 6.45) is -2.50. The number of carbonyl (C=O) groups is 1. The van der Waals surface area contributed by atoms with Gasteiger partial charge in [-0.1, -0.05) is 12.1 Å². The third-order valence-electron chi connectivity index (χ3n) is 3.02. The summed E-state index contributed by atoms with van der Waals surface area (Å²) >= 11 is 0. The summed E-state index contributed by atoms with van der Waals surface area (Å²) < 4.78 is 34.3. The van der Waals surface area contributed by atoms with Crippen LogP contribution in [-0.2, 0) is 11.3 Å². The largest absolute Gasteiger partial charge is 0.488 e. The van der Waals surface area contributed by atoms with Crippen LogP contribution in [0.15, 0.2) is 24.3 Å². The highest BCUT2D eigenvalue weighted by Crippen LogP contribution is 2.14. The maximum Gasteiger partial charge on any atom is 0.317 e. The zero-order valence-corrected chi connectivity index (χ0v) is 11.6. The van der Waals surface area contributed by atoms with Crippen LogP contribution in [0.2, 0.25) is 0 Å². The predicted molar refractivity (Wildman–Crippen MR) is 72.6 cm³/mol. The first-order valence-electron chi connectivity index (χ1n) is 6.75. The highest BCUT2D eigenvalue weighted by Gasteiger charge is 2.16. The van der Waals surface area contributed by atoms with Gasteiger partial charge in [-0.3, -0.25) is 0 Å². The monoisotopic (exact) mass is 300 g/mol. The second-order valence-corrected chi connectivity index (χ2v) is 4.61. The minimum atomic E-state index is -2.50. The van der Waals surface area contributed by atoms with E-state index in [0.717, 1.165) is 5.56 Å². The van der Waals surface area contributed by atoms with Crippen LogP contribution in [0.3, 0.4) is 0 Å². The summed E-state index contributed by atoms with van der Waals surface area (Å²) in [6, 6.07) is 6.60. The van der Waals surface area contributed by atoms with E-state index in [1.165, 1.54) is 0 Å². The molecule has 5 nitrogen and oxygen atoms in total. The number of carbonyl (C=O) groups excluding carboxylic acids is 1. The third kappa shape index (κ3) is 5.18. The Hall–Kier alpha value is -1.89. The standard InChI is InChI=1S/C14H18F2N2O3/c15-13(16)10-21-12-3-1-2-11(8-12)9-17-14(19)18-4-6-20-7-5-18/h1-3,8,13H,4-7,9-10H2,(H,17,19). The molecule has 1 heterocycles. The van der Waals surface area contributed by atoms with E-state index in [0.29, 0.717) is 38.6 Å². The Labute approximate surface area is 121 Å². The van der Waals surface area contributed by atoms with Crippen molar-refractivity contribution < 1.29 is 23.0 Å². The molecule has 0 saturated carbocycles. The summed E-state index contributed by atoms with van der Waals surface area (Å²) in [5, 5.41) is 2.79. The van der Waals surface area contributed by atoms with Crippen LogP contribution < -0.4 is 10.1 Å². The maximum atomic E-state index is 12.1. The van der Waals surface area contributed by atoms with Gasteiger partial charge in [0.1, 0.15) is 12.4 Å². The van der Waals surface area contributed by atoms with E-state index in [9.17, 15) is 13.6 Å².